The SMILES string of the molecule is CCC1OCCC1CNc1nc(NN)ncc1F. The van der Waals surface area contributed by atoms with Crippen LogP contribution in [0.15, 0.2) is 6.20 Å². The molecule has 0 spiro atoms. The zero-order valence-electron chi connectivity index (χ0n) is 10.3. The second-order valence-electron chi connectivity index (χ2n) is 4.28. The summed E-state index contributed by atoms with van der Waals surface area (Å²) in [6.45, 7) is 3.49. The van der Waals surface area contributed by atoms with Gasteiger partial charge in [-0.15, -0.1) is 0 Å². The highest BCUT2D eigenvalue weighted by Gasteiger charge is 2.26. The fourth-order valence-electron chi connectivity index (χ4n) is 2.17. The largest absolute Gasteiger partial charge is 0.378 e. The summed E-state index contributed by atoms with van der Waals surface area (Å²) in [5, 5.41) is 2.99. The van der Waals surface area contributed by atoms with E-state index in [-0.39, 0.29) is 17.9 Å². The molecule has 1 aromatic heterocycles. The highest BCUT2D eigenvalue weighted by atomic mass is 19.1. The van der Waals surface area contributed by atoms with Crippen LogP contribution in [-0.4, -0.2) is 29.2 Å². The van der Waals surface area contributed by atoms with Crippen LogP contribution in [0.5, 0.6) is 0 Å². The molecule has 1 saturated heterocycles. The topological polar surface area (TPSA) is 85.1 Å². The minimum atomic E-state index is -0.485. The van der Waals surface area contributed by atoms with Gasteiger partial charge in [-0.05, 0) is 12.8 Å². The average Bonchev–Trinajstić information content (AvgIpc) is 2.85. The molecule has 0 amide bonds. The molecular formula is C11H18FN5O. The molecule has 100 valence electrons. The Morgan fingerprint density at radius 1 is 1.61 bits per heavy atom. The molecule has 1 aliphatic heterocycles. The van der Waals surface area contributed by atoms with Gasteiger partial charge >= 0.3 is 0 Å². The van der Waals surface area contributed by atoms with Gasteiger partial charge in [0.2, 0.25) is 5.95 Å². The number of rotatable bonds is 5. The van der Waals surface area contributed by atoms with Crippen LogP contribution in [0.4, 0.5) is 16.2 Å². The lowest BCUT2D eigenvalue weighted by Crippen LogP contribution is -2.24. The third-order valence-electron chi connectivity index (χ3n) is 3.15. The Labute approximate surface area is 105 Å². The van der Waals surface area contributed by atoms with E-state index >= 15 is 0 Å². The van der Waals surface area contributed by atoms with Crippen LogP contribution in [0.2, 0.25) is 0 Å². The normalized spacial score (nSPS) is 23.1. The number of ether oxygens (including phenoxy) is 1. The molecule has 1 fully saturated rings. The predicted octanol–water partition coefficient (Wildman–Crippen LogP) is 1.13. The van der Waals surface area contributed by atoms with Crippen molar-refractivity contribution in [2.45, 2.75) is 25.9 Å². The van der Waals surface area contributed by atoms with Gasteiger partial charge in [-0.2, -0.15) is 4.98 Å². The van der Waals surface area contributed by atoms with E-state index in [2.05, 4.69) is 27.6 Å². The molecule has 7 heteroatoms. The molecule has 2 rings (SSSR count). The number of nitrogen functional groups attached to an aromatic ring is 1. The Kier molecular flexibility index (Phi) is 4.27. The van der Waals surface area contributed by atoms with Crippen molar-refractivity contribution < 1.29 is 9.13 Å². The Morgan fingerprint density at radius 2 is 2.44 bits per heavy atom. The van der Waals surface area contributed by atoms with Gasteiger partial charge in [0.1, 0.15) is 0 Å². The lowest BCUT2D eigenvalue weighted by molar-refractivity contribution is 0.0900. The van der Waals surface area contributed by atoms with Gasteiger partial charge in [0.05, 0.1) is 12.3 Å². The second kappa shape index (κ2) is 5.92. The summed E-state index contributed by atoms with van der Waals surface area (Å²) in [5.41, 5.74) is 2.29. The molecule has 0 aliphatic carbocycles. The first-order chi connectivity index (χ1) is 8.74. The molecule has 0 radical (unpaired) electrons. The average molecular weight is 255 g/mol. The van der Waals surface area contributed by atoms with Crippen molar-refractivity contribution in [2.75, 3.05) is 23.9 Å². The van der Waals surface area contributed by atoms with Gasteiger partial charge in [-0.1, -0.05) is 6.92 Å². The van der Waals surface area contributed by atoms with Crippen LogP contribution < -0.4 is 16.6 Å². The van der Waals surface area contributed by atoms with Crippen molar-refractivity contribution in [3.05, 3.63) is 12.0 Å². The summed E-state index contributed by atoms with van der Waals surface area (Å²) in [4.78, 5) is 7.61. The number of nitrogens with one attached hydrogen (secondary N) is 2. The van der Waals surface area contributed by atoms with Crippen LogP contribution in [0.25, 0.3) is 0 Å². The summed E-state index contributed by atoms with van der Waals surface area (Å²) in [5.74, 6) is 5.44. The molecule has 1 aliphatic rings. The number of anilines is 2. The van der Waals surface area contributed by atoms with Crippen LogP contribution in [0.1, 0.15) is 19.8 Å². The number of hydrazine groups is 1. The zero-order chi connectivity index (χ0) is 13.0. The molecule has 0 aromatic carbocycles. The van der Waals surface area contributed by atoms with Crippen molar-refractivity contribution >= 4 is 11.8 Å². The van der Waals surface area contributed by atoms with E-state index in [9.17, 15) is 4.39 Å². The van der Waals surface area contributed by atoms with Gasteiger partial charge in [0.15, 0.2) is 11.6 Å². The van der Waals surface area contributed by atoms with Crippen LogP contribution in [0, 0.1) is 11.7 Å². The van der Waals surface area contributed by atoms with Crippen molar-refractivity contribution in [1.82, 2.24) is 9.97 Å². The van der Waals surface area contributed by atoms with E-state index in [4.69, 9.17) is 10.6 Å². The Balaban J connectivity index is 1.97. The third kappa shape index (κ3) is 2.85. The van der Waals surface area contributed by atoms with Gasteiger partial charge in [0.25, 0.3) is 0 Å². The maximum absolute atomic E-state index is 13.5. The Hall–Kier alpha value is -1.47. The lowest BCUT2D eigenvalue weighted by atomic mass is 10.00. The third-order valence-corrected chi connectivity index (χ3v) is 3.15. The molecule has 6 nitrogen and oxygen atoms in total. The zero-order valence-corrected chi connectivity index (χ0v) is 10.3. The molecule has 0 bridgehead atoms. The summed E-state index contributed by atoms with van der Waals surface area (Å²) >= 11 is 0. The van der Waals surface area contributed by atoms with Crippen LogP contribution in [-0.2, 0) is 4.74 Å². The van der Waals surface area contributed by atoms with E-state index in [0.717, 1.165) is 25.6 Å². The number of nitrogens with zero attached hydrogens (tertiary/aromatic N) is 2. The summed E-state index contributed by atoms with van der Waals surface area (Å²) in [7, 11) is 0. The Morgan fingerprint density at radius 3 is 3.17 bits per heavy atom. The number of halogens is 1. The fraction of sp³-hybridized carbons (Fsp3) is 0.636. The van der Waals surface area contributed by atoms with Crippen LogP contribution >= 0.6 is 0 Å². The number of hydrogen-bond acceptors (Lipinski definition) is 6. The summed E-state index contributed by atoms with van der Waals surface area (Å²) < 4.78 is 19.1. The molecule has 2 heterocycles. The highest BCUT2D eigenvalue weighted by molar-refractivity contribution is 5.40. The van der Waals surface area contributed by atoms with Crippen molar-refractivity contribution in [1.29, 1.82) is 0 Å². The molecule has 4 N–H and O–H groups in total. The van der Waals surface area contributed by atoms with Gasteiger partial charge in [-0.25, -0.2) is 15.2 Å². The van der Waals surface area contributed by atoms with Crippen molar-refractivity contribution in [2.24, 2.45) is 11.8 Å². The van der Waals surface area contributed by atoms with E-state index in [1.165, 1.54) is 0 Å². The standard InChI is InChI=1S/C11H18FN5O/c1-2-9-7(3-4-18-9)5-14-10-8(12)6-15-11(16-10)17-13/h6-7,9H,2-5,13H2,1H3,(H2,14,15,16,17). The maximum Gasteiger partial charge on any atom is 0.239 e. The predicted molar refractivity (Wildman–Crippen MR) is 66.4 cm³/mol. The first kappa shape index (κ1) is 13.0. The highest BCUT2D eigenvalue weighted by Crippen LogP contribution is 2.24. The van der Waals surface area contributed by atoms with E-state index < -0.39 is 5.82 Å². The molecule has 18 heavy (non-hydrogen) atoms. The summed E-state index contributed by atoms with van der Waals surface area (Å²) in [6, 6.07) is 0. The maximum atomic E-state index is 13.5. The first-order valence-corrected chi connectivity index (χ1v) is 6.09. The first-order valence-electron chi connectivity index (χ1n) is 6.09. The van der Waals surface area contributed by atoms with E-state index in [0.29, 0.717) is 12.5 Å². The lowest BCUT2D eigenvalue weighted by Gasteiger charge is -2.17. The molecule has 1 aromatic rings. The minimum absolute atomic E-state index is 0.166. The molecular weight excluding hydrogens is 237 g/mol. The Bertz CT molecular complexity index is 403. The number of aromatic nitrogens is 2. The van der Waals surface area contributed by atoms with Gasteiger partial charge in [-0.3, -0.25) is 5.43 Å². The minimum Gasteiger partial charge on any atom is -0.378 e. The van der Waals surface area contributed by atoms with Crippen molar-refractivity contribution in [3.8, 4) is 0 Å². The number of hydrogen-bond donors (Lipinski definition) is 3. The van der Waals surface area contributed by atoms with Crippen LogP contribution in [0.3, 0.4) is 0 Å². The molecule has 0 saturated carbocycles. The second-order valence-corrected chi connectivity index (χ2v) is 4.28. The smallest absolute Gasteiger partial charge is 0.239 e. The molecule has 2 atom stereocenters. The van der Waals surface area contributed by atoms with E-state index in [1.54, 1.807) is 0 Å². The summed E-state index contributed by atoms with van der Waals surface area (Å²) in [6.07, 6.45) is 3.29. The van der Waals surface area contributed by atoms with Gasteiger partial charge < -0.3 is 10.1 Å². The molecule has 2 unspecified atom stereocenters. The fourth-order valence-corrected chi connectivity index (χ4v) is 2.17. The number of nitrogens with two attached hydrogens (primary N) is 1. The quantitative estimate of drug-likeness (QED) is 0.540. The monoisotopic (exact) mass is 255 g/mol. The van der Waals surface area contributed by atoms with Crippen molar-refractivity contribution in [3.63, 3.8) is 0 Å². The van der Waals surface area contributed by atoms with Gasteiger partial charge in [0, 0.05) is 19.1 Å². The van der Waals surface area contributed by atoms with E-state index in [1.807, 2.05) is 0 Å².